The normalized spacial score (nSPS) is 11.3. The van der Waals surface area contributed by atoms with E-state index in [1.807, 2.05) is 24.3 Å². The summed E-state index contributed by atoms with van der Waals surface area (Å²) in [6, 6.07) is 11.0. The first-order valence-electron chi connectivity index (χ1n) is 5.74. The predicted octanol–water partition coefficient (Wildman–Crippen LogP) is 1.67. The molecule has 2 rings (SSSR count). The predicted molar refractivity (Wildman–Crippen MR) is 80.2 cm³/mol. The fraction of sp³-hybridized carbons (Fsp3) is 0.231. The van der Waals surface area contributed by atoms with E-state index in [4.69, 9.17) is 5.73 Å². The largest absolute Gasteiger partial charge is 0.330 e. The molecule has 0 radical (unpaired) electrons. The van der Waals surface area contributed by atoms with Crippen LogP contribution in [0.15, 0.2) is 41.3 Å². The number of fused-ring (bicyclic) bond motifs is 1. The van der Waals surface area contributed by atoms with Gasteiger partial charge in [0.05, 0.1) is 4.90 Å². The van der Waals surface area contributed by atoms with E-state index in [2.05, 4.69) is 4.72 Å². The van der Waals surface area contributed by atoms with Gasteiger partial charge in [-0.15, -0.1) is 12.4 Å². The number of hydrogen-bond acceptors (Lipinski definition) is 3. The lowest BCUT2D eigenvalue weighted by atomic mass is 10.0. The molecule has 0 heterocycles. The fourth-order valence-electron chi connectivity index (χ4n) is 1.98. The van der Waals surface area contributed by atoms with Gasteiger partial charge in [-0.1, -0.05) is 24.3 Å². The summed E-state index contributed by atoms with van der Waals surface area (Å²) >= 11 is 0. The van der Waals surface area contributed by atoms with Crippen molar-refractivity contribution >= 4 is 33.2 Å². The second kappa shape index (κ2) is 6.34. The molecule has 19 heavy (non-hydrogen) atoms. The summed E-state index contributed by atoms with van der Waals surface area (Å²) in [5.41, 5.74) is 6.64. The van der Waals surface area contributed by atoms with Crippen molar-refractivity contribution in [3.63, 3.8) is 0 Å². The molecule has 4 nitrogen and oxygen atoms in total. The van der Waals surface area contributed by atoms with E-state index in [0.29, 0.717) is 6.54 Å². The molecular weight excluding hydrogens is 284 g/mol. The number of sulfonamides is 1. The first-order chi connectivity index (χ1) is 8.58. The monoisotopic (exact) mass is 300 g/mol. The van der Waals surface area contributed by atoms with Crippen molar-refractivity contribution in [1.29, 1.82) is 0 Å². The summed E-state index contributed by atoms with van der Waals surface area (Å²) in [7, 11) is -1.99. The van der Waals surface area contributed by atoms with Gasteiger partial charge in [0.1, 0.15) is 0 Å². The van der Waals surface area contributed by atoms with Gasteiger partial charge in [-0.3, -0.25) is 0 Å². The summed E-state index contributed by atoms with van der Waals surface area (Å²) in [4.78, 5) is 0.280. The van der Waals surface area contributed by atoms with Crippen molar-refractivity contribution < 1.29 is 8.42 Å². The minimum atomic E-state index is -3.40. The minimum absolute atomic E-state index is 0. The minimum Gasteiger partial charge on any atom is -0.330 e. The molecule has 0 atom stereocenters. The van der Waals surface area contributed by atoms with Gasteiger partial charge in [0.2, 0.25) is 10.0 Å². The third kappa shape index (κ3) is 3.25. The Morgan fingerprint density at radius 1 is 1.21 bits per heavy atom. The summed E-state index contributed by atoms with van der Waals surface area (Å²) in [6.07, 6.45) is 0.737. The van der Waals surface area contributed by atoms with Crippen LogP contribution in [0.3, 0.4) is 0 Å². The fourth-order valence-corrected chi connectivity index (χ4v) is 2.73. The van der Waals surface area contributed by atoms with Crippen LogP contribution in [0.5, 0.6) is 0 Å². The summed E-state index contributed by atoms with van der Waals surface area (Å²) in [6.45, 7) is 0.544. The SMILES string of the molecule is CNS(=O)(=O)c1ccc2cccc(CCN)c2c1.Cl. The van der Waals surface area contributed by atoms with Crippen LogP contribution in [0.4, 0.5) is 0 Å². The van der Waals surface area contributed by atoms with E-state index < -0.39 is 10.0 Å². The molecule has 3 N–H and O–H groups in total. The molecule has 0 aliphatic heterocycles. The highest BCUT2D eigenvalue weighted by atomic mass is 35.5. The van der Waals surface area contributed by atoms with Crippen LogP contribution in [-0.4, -0.2) is 22.0 Å². The lowest BCUT2D eigenvalue weighted by Crippen LogP contribution is -2.18. The van der Waals surface area contributed by atoms with Crippen LogP contribution in [-0.2, 0) is 16.4 Å². The molecule has 6 heteroatoms. The van der Waals surface area contributed by atoms with Crippen molar-refractivity contribution in [1.82, 2.24) is 4.72 Å². The number of nitrogens with two attached hydrogens (primary N) is 1. The Bertz CT molecular complexity index is 671. The maximum atomic E-state index is 11.8. The molecule has 104 valence electrons. The molecule has 0 fully saturated rings. The Hall–Kier alpha value is -1.14. The lowest BCUT2D eigenvalue weighted by molar-refractivity contribution is 0.588. The zero-order valence-electron chi connectivity index (χ0n) is 10.6. The van der Waals surface area contributed by atoms with Gasteiger partial charge in [-0.05, 0) is 48.5 Å². The van der Waals surface area contributed by atoms with Crippen LogP contribution in [0.1, 0.15) is 5.56 Å². The van der Waals surface area contributed by atoms with Gasteiger partial charge >= 0.3 is 0 Å². The Labute approximate surface area is 119 Å². The molecule has 0 amide bonds. The van der Waals surface area contributed by atoms with E-state index in [-0.39, 0.29) is 17.3 Å². The number of nitrogens with one attached hydrogen (secondary N) is 1. The third-order valence-electron chi connectivity index (χ3n) is 2.94. The number of rotatable bonds is 4. The molecule has 0 bridgehead atoms. The van der Waals surface area contributed by atoms with Crippen LogP contribution >= 0.6 is 12.4 Å². The van der Waals surface area contributed by atoms with Crippen LogP contribution in [0.25, 0.3) is 10.8 Å². The Kier molecular flexibility index (Phi) is 5.31. The molecule has 0 aliphatic rings. The number of hydrogen-bond donors (Lipinski definition) is 2. The van der Waals surface area contributed by atoms with E-state index in [1.165, 1.54) is 7.05 Å². The molecule has 2 aromatic carbocycles. The number of benzene rings is 2. The quantitative estimate of drug-likeness (QED) is 0.902. The Morgan fingerprint density at radius 3 is 2.58 bits per heavy atom. The van der Waals surface area contributed by atoms with Gasteiger partial charge in [0, 0.05) is 0 Å². The second-order valence-electron chi connectivity index (χ2n) is 4.05. The molecule has 0 spiro atoms. The van der Waals surface area contributed by atoms with E-state index in [9.17, 15) is 8.42 Å². The van der Waals surface area contributed by atoms with Crippen molar-refractivity contribution in [2.75, 3.05) is 13.6 Å². The maximum Gasteiger partial charge on any atom is 0.240 e. The highest BCUT2D eigenvalue weighted by Crippen LogP contribution is 2.22. The topological polar surface area (TPSA) is 72.2 Å². The molecule has 0 saturated carbocycles. The van der Waals surface area contributed by atoms with Gasteiger partial charge in [0.25, 0.3) is 0 Å². The first kappa shape index (κ1) is 15.9. The zero-order chi connectivity index (χ0) is 13.2. The van der Waals surface area contributed by atoms with Crippen LogP contribution < -0.4 is 10.5 Å². The summed E-state index contributed by atoms with van der Waals surface area (Å²) < 4.78 is 25.9. The third-order valence-corrected chi connectivity index (χ3v) is 4.35. The standard InChI is InChI=1S/C13H16N2O2S.ClH/c1-15-18(16,17)12-6-5-10-3-2-4-11(7-8-14)13(10)9-12;/h2-6,9,15H,7-8,14H2,1H3;1H. The molecule has 0 aliphatic carbocycles. The molecule has 0 aromatic heterocycles. The van der Waals surface area contributed by atoms with E-state index in [1.54, 1.807) is 12.1 Å². The van der Waals surface area contributed by atoms with Crippen molar-refractivity contribution in [3.05, 3.63) is 42.0 Å². The van der Waals surface area contributed by atoms with Gasteiger partial charge in [-0.2, -0.15) is 0 Å². The molecular formula is C13H17ClN2O2S. The van der Waals surface area contributed by atoms with Crippen LogP contribution in [0.2, 0.25) is 0 Å². The van der Waals surface area contributed by atoms with Crippen LogP contribution in [0, 0.1) is 0 Å². The van der Waals surface area contributed by atoms with Crippen molar-refractivity contribution in [2.45, 2.75) is 11.3 Å². The van der Waals surface area contributed by atoms with Gasteiger partial charge in [-0.25, -0.2) is 13.1 Å². The number of halogens is 1. The van der Waals surface area contributed by atoms with Crippen molar-refractivity contribution in [3.8, 4) is 0 Å². The second-order valence-corrected chi connectivity index (χ2v) is 5.93. The molecule has 0 saturated heterocycles. The van der Waals surface area contributed by atoms with Gasteiger partial charge < -0.3 is 5.73 Å². The molecule has 2 aromatic rings. The first-order valence-corrected chi connectivity index (χ1v) is 7.22. The summed E-state index contributed by atoms with van der Waals surface area (Å²) in [5, 5.41) is 1.97. The highest BCUT2D eigenvalue weighted by Gasteiger charge is 2.12. The average molecular weight is 301 g/mol. The Morgan fingerprint density at radius 2 is 1.95 bits per heavy atom. The smallest absolute Gasteiger partial charge is 0.240 e. The highest BCUT2D eigenvalue weighted by molar-refractivity contribution is 7.89. The average Bonchev–Trinajstić information content (AvgIpc) is 2.39. The molecule has 0 unspecified atom stereocenters. The Balaban J connectivity index is 0.00000180. The van der Waals surface area contributed by atoms with Gasteiger partial charge in [0.15, 0.2) is 0 Å². The maximum absolute atomic E-state index is 11.8. The van der Waals surface area contributed by atoms with E-state index in [0.717, 1.165) is 22.8 Å². The van der Waals surface area contributed by atoms with E-state index >= 15 is 0 Å². The van der Waals surface area contributed by atoms with Crippen molar-refractivity contribution in [2.24, 2.45) is 5.73 Å². The lowest BCUT2D eigenvalue weighted by Gasteiger charge is -2.08. The zero-order valence-corrected chi connectivity index (χ0v) is 12.2. The summed E-state index contributed by atoms with van der Waals surface area (Å²) in [5.74, 6) is 0.